The van der Waals surface area contributed by atoms with Crippen LogP contribution in [0, 0.1) is 0 Å². The van der Waals surface area contributed by atoms with Crippen molar-refractivity contribution in [1.82, 2.24) is 0 Å². The molecule has 0 radical (unpaired) electrons. The highest BCUT2D eigenvalue weighted by atomic mass is 31.1. The summed E-state index contributed by atoms with van der Waals surface area (Å²) in [4.78, 5) is 0. The molecule has 0 amide bonds. The van der Waals surface area contributed by atoms with E-state index in [1.165, 1.54) is 35.8 Å². The fraction of sp³-hybridized carbons (Fsp3) is 0.480. The second-order valence-electron chi connectivity index (χ2n) is 10.3. The van der Waals surface area contributed by atoms with Gasteiger partial charge in [0.1, 0.15) is 0 Å². The van der Waals surface area contributed by atoms with E-state index in [0.29, 0.717) is 0 Å². The largest absolute Gasteiger partial charge is 0.0672 e. The van der Waals surface area contributed by atoms with Crippen LogP contribution >= 0.6 is 8.20 Å². The minimum Gasteiger partial charge on any atom is -0.0672 e. The molecule has 0 unspecified atom stereocenters. The second kappa shape index (κ2) is 7.32. The lowest BCUT2D eigenvalue weighted by Crippen LogP contribution is -2.29. The predicted octanol–water partition coefficient (Wildman–Crippen LogP) is 7.00. The first-order valence-corrected chi connectivity index (χ1v) is 10.5. The van der Waals surface area contributed by atoms with Gasteiger partial charge in [-0.1, -0.05) is 113 Å². The lowest BCUT2D eigenvalue weighted by atomic mass is 9.75. The maximum absolute atomic E-state index is 2.45. The second-order valence-corrected chi connectivity index (χ2v) is 11.3. The van der Waals surface area contributed by atoms with Gasteiger partial charge in [-0.3, -0.25) is 0 Å². The summed E-state index contributed by atoms with van der Waals surface area (Å²) in [5.74, 6) is 2.34. The van der Waals surface area contributed by atoms with Crippen molar-refractivity contribution < 1.29 is 0 Å². The van der Waals surface area contributed by atoms with Crippen molar-refractivity contribution in [3.63, 3.8) is 0 Å². The molecule has 0 aliphatic carbocycles. The molecule has 0 heterocycles. The number of benzene rings is 2. The van der Waals surface area contributed by atoms with Gasteiger partial charge in [-0.05, 0) is 44.3 Å². The summed E-state index contributed by atoms with van der Waals surface area (Å²) in [5, 5.41) is 1.47. The van der Waals surface area contributed by atoms with Crippen LogP contribution in [-0.4, -0.2) is 5.80 Å². The van der Waals surface area contributed by atoms with Crippen LogP contribution in [0.4, 0.5) is 0 Å². The van der Waals surface area contributed by atoms with Crippen molar-refractivity contribution in [1.29, 1.82) is 0 Å². The van der Waals surface area contributed by atoms with E-state index in [4.69, 9.17) is 0 Å². The van der Waals surface area contributed by atoms with Gasteiger partial charge in [0.2, 0.25) is 0 Å². The zero-order valence-electron chi connectivity index (χ0n) is 18.1. The Bertz CT molecular complexity index is 741. The van der Waals surface area contributed by atoms with Crippen molar-refractivity contribution in [3.8, 4) is 0 Å². The molecule has 0 saturated carbocycles. The Morgan fingerprint density at radius 3 is 1.50 bits per heavy atom. The normalized spacial score (nSPS) is 13.4. The average molecular weight is 367 g/mol. The third-order valence-corrected chi connectivity index (χ3v) is 5.90. The van der Waals surface area contributed by atoms with Gasteiger partial charge in [-0.25, -0.2) is 0 Å². The van der Waals surface area contributed by atoms with Crippen LogP contribution in [0.5, 0.6) is 0 Å². The zero-order valence-corrected chi connectivity index (χ0v) is 19.0. The SMILES string of the molecule is CC(C)(C)c1cc(C(C)(C)C)c(P=Cc2ccccc2)c(C(C)(C)C)c1. The molecule has 2 aromatic carbocycles. The van der Waals surface area contributed by atoms with Crippen LogP contribution in [0.3, 0.4) is 0 Å². The molecule has 0 aliphatic heterocycles. The minimum atomic E-state index is 0.119. The number of rotatable bonds is 2. The van der Waals surface area contributed by atoms with E-state index >= 15 is 0 Å². The maximum atomic E-state index is 2.45. The standard InChI is InChI=1S/C25H35P/c1-23(2,3)19-15-20(24(4,5)6)22(21(16-19)25(7,8)9)26-17-18-13-11-10-12-14-18/h10-17H,1-9H3. The Hall–Kier alpha value is -1.39. The monoisotopic (exact) mass is 366 g/mol. The van der Waals surface area contributed by atoms with E-state index in [2.05, 4.69) is 111 Å². The molecule has 0 aliphatic rings. The number of hydrogen-bond donors (Lipinski definition) is 0. The summed E-state index contributed by atoms with van der Waals surface area (Å²) in [6.45, 7) is 21.0. The van der Waals surface area contributed by atoms with Crippen LogP contribution in [0.25, 0.3) is 0 Å². The third-order valence-electron chi connectivity index (χ3n) is 4.73. The van der Waals surface area contributed by atoms with Crippen LogP contribution in [-0.2, 0) is 16.2 Å². The lowest BCUT2D eigenvalue weighted by Gasteiger charge is -2.32. The Morgan fingerprint density at radius 1 is 0.654 bits per heavy atom. The Balaban J connectivity index is 2.76. The predicted molar refractivity (Wildman–Crippen MR) is 121 cm³/mol. The topological polar surface area (TPSA) is 0 Å². The van der Waals surface area contributed by atoms with Gasteiger partial charge < -0.3 is 0 Å². The maximum Gasteiger partial charge on any atom is 0.00929 e. The molecule has 0 N–H and O–H groups in total. The molecule has 0 spiro atoms. The lowest BCUT2D eigenvalue weighted by molar-refractivity contribution is 0.554. The van der Waals surface area contributed by atoms with E-state index in [9.17, 15) is 0 Å². The first kappa shape index (κ1) is 20.9. The highest BCUT2D eigenvalue weighted by Crippen LogP contribution is 2.35. The molecule has 0 aromatic heterocycles. The van der Waals surface area contributed by atoms with E-state index < -0.39 is 0 Å². The Kier molecular flexibility index (Phi) is 5.89. The fourth-order valence-corrected chi connectivity index (χ4v) is 4.56. The van der Waals surface area contributed by atoms with Crippen LogP contribution < -0.4 is 5.30 Å². The first-order valence-electron chi connectivity index (χ1n) is 9.59. The van der Waals surface area contributed by atoms with E-state index in [-0.39, 0.29) is 16.2 Å². The summed E-state index contributed by atoms with van der Waals surface area (Å²) in [5.41, 5.74) is 6.06. The Labute approximate surface area is 162 Å². The van der Waals surface area contributed by atoms with E-state index in [1.54, 1.807) is 0 Å². The van der Waals surface area contributed by atoms with E-state index in [0.717, 1.165) is 0 Å². The molecule has 0 nitrogen and oxygen atoms in total. The summed E-state index contributed by atoms with van der Waals surface area (Å²) in [7, 11) is 1.28. The Morgan fingerprint density at radius 2 is 1.12 bits per heavy atom. The van der Waals surface area contributed by atoms with Gasteiger partial charge in [0.25, 0.3) is 0 Å². The third kappa shape index (κ3) is 5.08. The molecule has 26 heavy (non-hydrogen) atoms. The molecule has 0 atom stereocenters. The highest BCUT2D eigenvalue weighted by molar-refractivity contribution is 7.48. The van der Waals surface area contributed by atoms with Crippen molar-refractivity contribution in [2.45, 2.75) is 78.6 Å². The number of hydrogen-bond acceptors (Lipinski definition) is 0. The molecular formula is C25H35P. The van der Waals surface area contributed by atoms with Gasteiger partial charge in [-0.2, -0.15) is 0 Å². The van der Waals surface area contributed by atoms with Crippen molar-refractivity contribution in [2.75, 3.05) is 0 Å². The summed E-state index contributed by atoms with van der Waals surface area (Å²) in [6, 6.07) is 15.6. The molecule has 0 bridgehead atoms. The van der Waals surface area contributed by atoms with E-state index in [1.807, 2.05) is 0 Å². The van der Waals surface area contributed by atoms with Crippen molar-refractivity contribution in [3.05, 3.63) is 64.7 Å². The smallest absolute Gasteiger partial charge is 0.00929 e. The molecular weight excluding hydrogens is 331 g/mol. The zero-order chi connectivity index (χ0) is 19.8. The van der Waals surface area contributed by atoms with Crippen molar-refractivity contribution in [2.24, 2.45) is 0 Å². The summed E-state index contributed by atoms with van der Waals surface area (Å²) >= 11 is 0. The first-order chi connectivity index (χ1) is 11.8. The minimum absolute atomic E-state index is 0.119. The molecule has 2 aromatic rings. The van der Waals surface area contributed by atoms with Gasteiger partial charge in [0, 0.05) is 5.30 Å². The quantitative estimate of drug-likeness (QED) is 0.502. The van der Waals surface area contributed by atoms with Crippen LogP contribution in [0.2, 0.25) is 0 Å². The molecule has 140 valence electrons. The average Bonchev–Trinajstić information content (AvgIpc) is 2.50. The molecule has 2 rings (SSSR count). The van der Waals surface area contributed by atoms with Crippen LogP contribution in [0.15, 0.2) is 42.5 Å². The molecule has 0 saturated heterocycles. The summed E-state index contributed by atoms with van der Waals surface area (Å²) in [6.07, 6.45) is 0. The summed E-state index contributed by atoms with van der Waals surface area (Å²) < 4.78 is 0. The van der Waals surface area contributed by atoms with Gasteiger partial charge >= 0.3 is 0 Å². The van der Waals surface area contributed by atoms with Gasteiger partial charge in [0.05, 0.1) is 0 Å². The fourth-order valence-electron chi connectivity index (χ4n) is 3.03. The van der Waals surface area contributed by atoms with Gasteiger partial charge in [-0.15, -0.1) is 0 Å². The molecule has 1 heteroatoms. The van der Waals surface area contributed by atoms with Crippen molar-refractivity contribution >= 4 is 19.3 Å². The van der Waals surface area contributed by atoms with Crippen LogP contribution in [0.1, 0.15) is 84.6 Å². The molecule has 0 fully saturated rings. The highest BCUT2D eigenvalue weighted by Gasteiger charge is 2.28. The van der Waals surface area contributed by atoms with Gasteiger partial charge in [0.15, 0.2) is 0 Å².